The Balaban J connectivity index is 1.88. The highest BCUT2D eigenvalue weighted by molar-refractivity contribution is 5.74. The van der Waals surface area contributed by atoms with Gasteiger partial charge in [-0.25, -0.2) is 4.79 Å². The number of hydrogen-bond acceptors (Lipinski definition) is 4. The van der Waals surface area contributed by atoms with E-state index < -0.39 is 6.10 Å². The summed E-state index contributed by atoms with van der Waals surface area (Å²) in [6, 6.07) is 8.43. The predicted octanol–water partition coefficient (Wildman–Crippen LogP) is 3.18. The molecule has 6 nitrogen and oxygen atoms in total. The second kappa shape index (κ2) is 8.49. The van der Waals surface area contributed by atoms with Crippen LogP contribution in [0.1, 0.15) is 50.8 Å². The summed E-state index contributed by atoms with van der Waals surface area (Å²) >= 11 is 0. The average Bonchev–Trinajstić information content (AvgIpc) is 3.07. The van der Waals surface area contributed by atoms with Gasteiger partial charge in [0, 0.05) is 18.7 Å². The smallest absolute Gasteiger partial charge is 0.315 e. The van der Waals surface area contributed by atoms with E-state index in [0.717, 1.165) is 5.69 Å². The van der Waals surface area contributed by atoms with Gasteiger partial charge in [0.25, 0.3) is 0 Å². The van der Waals surface area contributed by atoms with Crippen LogP contribution in [0.15, 0.2) is 47.2 Å². The molecule has 0 aliphatic heterocycles. The molecule has 3 atom stereocenters. The van der Waals surface area contributed by atoms with Crippen LogP contribution in [0.5, 0.6) is 0 Å². The predicted molar refractivity (Wildman–Crippen MR) is 91.2 cm³/mol. The molecule has 2 rings (SSSR count). The minimum Gasteiger partial charge on any atom is -0.467 e. The van der Waals surface area contributed by atoms with Gasteiger partial charge >= 0.3 is 6.03 Å². The van der Waals surface area contributed by atoms with Gasteiger partial charge in [-0.15, -0.1) is 0 Å². The Kier molecular flexibility index (Phi) is 6.37. The largest absolute Gasteiger partial charge is 0.467 e. The Labute approximate surface area is 142 Å². The molecule has 2 aromatic heterocycles. The summed E-state index contributed by atoms with van der Waals surface area (Å²) in [5.74, 6) is 0.701. The molecule has 0 spiro atoms. The van der Waals surface area contributed by atoms with Crippen molar-refractivity contribution in [3.05, 3.63) is 54.2 Å². The first-order valence-corrected chi connectivity index (χ1v) is 8.16. The molecule has 24 heavy (non-hydrogen) atoms. The van der Waals surface area contributed by atoms with Crippen LogP contribution < -0.4 is 10.6 Å². The van der Waals surface area contributed by atoms with Crippen molar-refractivity contribution in [2.75, 3.05) is 0 Å². The molecule has 0 saturated heterocycles. The molecule has 0 aliphatic rings. The first-order chi connectivity index (χ1) is 11.5. The van der Waals surface area contributed by atoms with Crippen LogP contribution in [0.3, 0.4) is 0 Å². The van der Waals surface area contributed by atoms with E-state index in [0.29, 0.717) is 12.2 Å². The number of aliphatic hydroxyl groups excluding tert-OH is 1. The standard InChI is InChI=1S/C18H25N3O3/c1-12(2)17(14-7-4-5-9-19-14)21-18(23)20-13(3)11-15(22)16-8-6-10-24-16/h4-10,12-13,15,17,22H,11H2,1-3H3,(H2,20,21,23)/t13-,15-,17+/m1/s1. The van der Waals surface area contributed by atoms with E-state index in [-0.39, 0.29) is 24.0 Å². The number of rotatable bonds is 7. The van der Waals surface area contributed by atoms with Crippen LogP contribution in [0.4, 0.5) is 4.79 Å². The number of furan rings is 1. The third-order valence-corrected chi connectivity index (χ3v) is 3.79. The topological polar surface area (TPSA) is 87.4 Å². The second-order valence-corrected chi connectivity index (χ2v) is 6.26. The van der Waals surface area contributed by atoms with Crippen molar-refractivity contribution in [1.29, 1.82) is 0 Å². The number of pyridine rings is 1. The zero-order valence-electron chi connectivity index (χ0n) is 14.3. The van der Waals surface area contributed by atoms with Crippen molar-refractivity contribution in [2.45, 2.75) is 45.4 Å². The molecule has 130 valence electrons. The highest BCUT2D eigenvalue weighted by Gasteiger charge is 2.21. The van der Waals surface area contributed by atoms with E-state index in [1.165, 1.54) is 6.26 Å². The average molecular weight is 331 g/mol. The lowest BCUT2D eigenvalue weighted by Crippen LogP contribution is -2.44. The molecule has 2 amide bonds. The molecule has 6 heteroatoms. The number of nitrogens with zero attached hydrogens (tertiary/aromatic N) is 1. The minimum atomic E-state index is -0.744. The Hall–Kier alpha value is -2.34. The van der Waals surface area contributed by atoms with Gasteiger partial charge < -0.3 is 20.2 Å². The molecule has 0 unspecified atom stereocenters. The minimum absolute atomic E-state index is 0.173. The number of hydrogen-bond donors (Lipinski definition) is 3. The molecule has 0 radical (unpaired) electrons. The fourth-order valence-electron chi connectivity index (χ4n) is 2.54. The molecule has 0 fully saturated rings. The van der Waals surface area contributed by atoms with E-state index >= 15 is 0 Å². The molecule has 3 N–H and O–H groups in total. The first-order valence-electron chi connectivity index (χ1n) is 8.16. The van der Waals surface area contributed by atoms with E-state index in [1.807, 2.05) is 39.0 Å². The second-order valence-electron chi connectivity index (χ2n) is 6.26. The maximum Gasteiger partial charge on any atom is 0.315 e. The third kappa shape index (κ3) is 5.09. The SMILES string of the molecule is CC(C)[C@H](NC(=O)N[C@H](C)C[C@@H](O)c1ccco1)c1ccccn1. The van der Waals surface area contributed by atoms with Gasteiger partial charge in [0.1, 0.15) is 11.9 Å². The number of aromatic nitrogens is 1. The summed E-state index contributed by atoms with van der Waals surface area (Å²) in [5.41, 5.74) is 0.825. The molecule has 2 heterocycles. The van der Waals surface area contributed by atoms with Gasteiger partial charge in [-0.2, -0.15) is 0 Å². The molecule has 0 saturated carbocycles. The van der Waals surface area contributed by atoms with E-state index in [9.17, 15) is 9.90 Å². The fourth-order valence-corrected chi connectivity index (χ4v) is 2.54. The van der Waals surface area contributed by atoms with Crippen molar-refractivity contribution < 1.29 is 14.3 Å². The van der Waals surface area contributed by atoms with Crippen LogP contribution in [-0.4, -0.2) is 22.2 Å². The monoisotopic (exact) mass is 331 g/mol. The summed E-state index contributed by atoms with van der Waals surface area (Å²) in [7, 11) is 0. The number of carbonyl (C=O) groups excluding carboxylic acids is 1. The van der Waals surface area contributed by atoms with Crippen molar-refractivity contribution in [1.82, 2.24) is 15.6 Å². The Morgan fingerprint density at radius 1 is 1.21 bits per heavy atom. The number of amides is 2. The van der Waals surface area contributed by atoms with Crippen LogP contribution in [0.2, 0.25) is 0 Å². The van der Waals surface area contributed by atoms with Gasteiger partial charge in [-0.1, -0.05) is 19.9 Å². The van der Waals surface area contributed by atoms with Gasteiger partial charge in [0.2, 0.25) is 0 Å². The van der Waals surface area contributed by atoms with Crippen LogP contribution in [-0.2, 0) is 0 Å². The Morgan fingerprint density at radius 3 is 2.58 bits per heavy atom. The summed E-state index contributed by atoms with van der Waals surface area (Å²) in [6.07, 6.45) is 2.86. The van der Waals surface area contributed by atoms with Crippen LogP contribution in [0.25, 0.3) is 0 Å². The van der Waals surface area contributed by atoms with Gasteiger partial charge in [-0.05, 0) is 37.1 Å². The van der Waals surface area contributed by atoms with Gasteiger partial charge in [0.15, 0.2) is 0 Å². The molecule has 0 bridgehead atoms. The van der Waals surface area contributed by atoms with Gasteiger partial charge in [-0.3, -0.25) is 4.98 Å². The van der Waals surface area contributed by atoms with E-state index in [4.69, 9.17) is 4.42 Å². The molecular formula is C18H25N3O3. The number of carbonyl (C=O) groups is 1. The number of nitrogens with one attached hydrogen (secondary N) is 2. The normalized spacial score (nSPS) is 14.9. The summed E-state index contributed by atoms with van der Waals surface area (Å²) in [6.45, 7) is 5.91. The summed E-state index contributed by atoms with van der Waals surface area (Å²) in [5, 5.41) is 15.9. The van der Waals surface area contributed by atoms with E-state index in [1.54, 1.807) is 18.3 Å². The number of aliphatic hydroxyl groups is 1. The molecule has 2 aromatic rings. The Bertz CT molecular complexity index is 614. The van der Waals surface area contributed by atoms with Crippen molar-refractivity contribution in [3.63, 3.8) is 0 Å². The maximum atomic E-state index is 12.3. The molecular weight excluding hydrogens is 306 g/mol. The zero-order chi connectivity index (χ0) is 17.5. The number of urea groups is 1. The molecule has 0 aromatic carbocycles. The highest BCUT2D eigenvalue weighted by atomic mass is 16.4. The van der Waals surface area contributed by atoms with Crippen LogP contribution >= 0.6 is 0 Å². The fraction of sp³-hybridized carbons (Fsp3) is 0.444. The van der Waals surface area contributed by atoms with Crippen molar-refractivity contribution >= 4 is 6.03 Å². The maximum absolute atomic E-state index is 12.3. The first kappa shape index (κ1) is 18.0. The zero-order valence-corrected chi connectivity index (χ0v) is 14.3. The lowest BCUT2D eigenvalue weighted by molar-refractivity contribution is 0.129. The summed E-state index contributed by atoms with van der Waals surface area (Å²) in [4.78, 5) is 16.6. The quantitative estimate of drug-likeness (QED) is 0.727. The Morgan fingerprint density at radius 2 is 2.00 bits per heavy atom. The van der Waals surface area contributed by atoms with Crippen molar-refractivity contribution in [3.8, 4) is 0 Å². The lowest BCUT2D eigenvalue weighted by atomic mass is 10.0. The lowest BCUT2D eigenvalue weighted by Gasteiger charge is -2.24. The summed E-state index contributed by atoms with van der Waals surface area (Å²) < 4.78 is 5.17. The highest BCUT2D eigenvalue weighted by Crippen LogP contribution is 2.20. The third-order valence-electron chi connectivity index (χ3n) is 3.79. The van der Waals surface area contributed by atoms with Crippen LogP contribution in [0, 0.1) is 5.92 Å². The molecule has 0 aliphatic carbocycles. The van der Waals surface area contributed by atoms with E-state index in [2.05, 4.69) is 15.6 Å². The van der Waals surface area contributed by atoms with Crippen molar-refractivity contribution in [2.24, 2.45) is 5.92 Å². The van der Waals surface area contributed by atoms with Gasteiger partial charge in [0.05, 0.1) is 18.0 Å².